The molecule has 0 aliphatic carbocycles. The van der Waals surface area contributed by atoms with Gasteiger partial charge in [-0.2, -0.15) is 18.3 Å². The van der Waals surface area contributed by atoms with Crippen LogP contribution in [0.2, 0.25) is 0 Å². The van der Waals surface area contributed by atoms with E-state index in [1.807, 2.05) is 20.0 Å². The first-order chi connectivity index (χ1) is 17.1. The van der Waals surface area contributed by atoms with Crippen LogP contribution < -0.4 is 10.1 Å². The maximum absolute atomic E-state index is 13.1. The first kappa shape index (κ1) is 26.0. The van der Waals surface area contributed by atoms with Crippen molar-refractivity contribution in [3.05, 3.63) is 58.4 Å². The molecule has 2 atom stereocenters. The molecular weight excluding hydrogens is 495 g/mol. The summed E-state index contributed by atoms with van der Waals surface area (Å²) < 4.78 is 50.1. The average molecular weight is 522 g/mol. The van der Waals surface area contributed by atoms with E-state index in [0.717, 1.165) is 34.6 Å². The largest absolute Gasteiger partial charge is 0.491 e. The van der Waals surface area contributed by atoms with Crippen LogP contribution in [0.1, 0.15) is 39.6 Å². The number of hydrogen-bond donors (Lipinski definition) is 1. The van der Waals surface area contributed by atoms with E-state index in [2.05, 4.69) is 25.4 Å². The lowest BCUT2D eigenvalue weighted by Gasteiger charge is -2.29. The molecule has 192 valence electrons. The van der Waals surface area contributed by atoms with E-state index in [1.165, 1.54) is 17.4 Å². The lowest BCUT2D eigenvalue weighted by atomic mass is 10.1. The number of morpholine rings is 1. The summed E-state index contributed by atoms with van der Waals surface area (Å²) in [5.41, 5.74) is 0.160. The third-order valence-corrected chi connectivity index (χ3v) is 6.54. The van der Waals surface area contributed by atoms with E-state index in [4.69, 9.17) is 9.47 Å². The summed E-state index contributed by atoms with van der Waals surface area (Å²) in [5, 5.41) is 10.4. The van der Waals surface area contributed by atoms with Gasteiger partial charge in [0.05, 0.1) is 18.3 Å². The monoisotopic (exact) mass is 521 g/mol. The van der Waals surface area contributed by atoms with E-state index in [-0.39, 0.29) is 11.8 Å². The molecule has 3 heterocycles. The van der Waals surface area contributed by atoms with Crippen molar-refractivity contribution in [3.8, 4) is 16.3 Å². The maximum atomic E-state index is 13.1. The van der Waals surface area contributed by atoms with Gasteiger partial charge in [-0.25, -0.2) is 4.98 Å². The van der Waals surface area contributed by atoms with Gasteiger partial charge in [0.2, 0.25) is 0 Å². The Morgan fingerprint density at radius 2 is 2.11 bits per heavy atom. The molecule has 1 aliphatic rings. The van der Waals surface area contributed by atoms with Gasteiger partial charge in [-0.05, 0) is 51.2 Å². The number of ether oxygens (including phenoxy) is 2. The molecule has 0 spiro atoms. The lowest BCUT2D eigenvalue weighted by Crippen LogP contribution is -2.42. The normalized spacial score (nSPS) is 17.6. The summed E-state index contributed by atoms with van der Waals surface area (Å²) in [4.78, 5) is 20.7. The van der Waals surface area contributed by atoms with Gasteiger partial charge < -0.3 is 19.7 Å². The molecule has 3 aromatic rings. The highest BCUT2D eigenvalue weighted by Crippen LogP contribution is 2.30. The fourth-order valence-electron chi connectivity index (χ4n) is 3.66. The van der Waals surface area contributed by atoms with Crippen molar-refractivity contribution in [1.29, 1.82) is 0 Å². The molecule has 4 rings (SSSR count). The Hall–Kier alpha value is -3.09. The van der Waals surface area contributed by atoms with Gasteiger partial charge in [-0.3, -0.25) is 4.79 Å². The zero-order valence-corrected chi connectivity index (χ0v) is 20.8. The van der Waals surface area contributed by atoms with Crippen molar-refractivity contribution >= 4 is 17.2 Å². The molecule has 1 unspecified atom stereocenters. The quantitative estimate of drug-likeness (QED) is 0.500. The molecule has 0 bridgehead atoms. The van der Waals surface area contributed by atoms with Crippen LogP contribution in [0.25, 0.3) is 10.6 Å². The highest BCUT2D eigenvalue weighted by Gasteiger charge is 2.33. The van der Waals surface area contributed by atoms with Crippen LogP contribution in [0.5, 0.6) is 5.75 Å². The molecule has 1 N–H and O–H groups in total. The van der Waals surface area contributed by atoms with Gasteiger partial charge in [-0.1, -0.05) is 0 Å². The number of halogens is 3. The summed E-state index contributed by atoms with van der Waals surface area (Å²) in [5.74, 6) is 0.0575. The smallest absolute Gasteiger partial charge is 0.435 e. The highest BCUT2D eigenvalue weighted by molar-refractivity contribution is 7.14. The number of carbonyl (C=O) groups excluding carboxylic acids is 1. The summed E-state index contributed by atoms with van der Waals surface area (Å²) >= 11 is 1.49. The summed E-state index contributed by atoms with van der Waals surface area (Å²) in [6.07, 6.45) is -2.92. The minimum absolute atomic E-state index is 0.0925. The zero-order valence-electron chi connectivity index (χ0n) is 20.0. The second-order valence-corrected chi connectivity index (χ2v) is 9.86. The fraction of sp³-hybridized carbons (Fsp3) is 0.417. The van der Waals surface area contributed by atoms with Gasteiger partial charge in [-0.15, -0.1) is 16.4 Å². The molecule has 0 radical (unpaired) electrons. The van der Waals surface area contributed by atoms with E-state index < -0.39 is 23.8 Å². The Bertz CT molecular complexity index is 1200. The number of benzene rings is 1. The van der Waals surface area contributed by atoms with E-state index in [1.54, 1.807) is 25.3 Å². The molecule has 1 aromatic carbocycles. The van der Waals surface area contributed by atoms with Gasteiger partial charge >= 0.3 is 6.18 Å². The topological polar surface area (TPSA) is 89.5 Å². The fourth-order valence-corrected chi connectivity index (χ4v) is 4.41. The molecule has 1 fully saturated rings. The Kier molecular flexibility index (Phi) is 7.86. The molecule has 0 saturated carbocycles. The number of hydrogen-bond acceptors (Lipinski definition) is 8. The van der Waals surface area contributed by atoms with E-state index in [0.29, 0.717) is 24.5 Å². The molecule has 2 aromatic heterocycles. The molecule has 8 nitrogen and oxygen atoms in total. The number of aryl methyl sites for hydroxylation is 1. The van der Waals surface area contributed by atoms with Crippen molar-refractivity contribution in [2.45, 2.75) is 32.2 Å². The Labute approximate surface area is 210 Å². The Morgan fingerprint density at radius 3 is 2.75 bits per heavy atom. The standard InChI is InChI=1S/C24H26F3N5O3S/c1-14-11-28-23(36-14)17-8-16(9-18(10-17)35-13-19-12-32(3)6-7-34-19)22(33)29-15(2)20-4-5-21(31-30-20)24(25,26)27/h4-5,8-11,15,19H,6-7,12-13H2,1-3H3,(H,29,33)/t15?,19-/m0/s1. The predicted molar refractivity (Wildman–Crippen MR) is 128 cm³/mol. The number of amides is 1. The van der Waals surface area contributed by atoms with Crippen molar-refractivity contribution in [2.75, 3.05) is 33.4 Å². The van der Waals surface area contributed by atoms with Gasteiger partial charge in [0.15, 0.2) is 5.69 Å². The van der Waals surface area contributed by atoms with Crippen molar-refractivity contribution in [2.24, 2.45) is 0 Å². The van der Waals surface area contributed by atoms with E-state index >= 15 is 0 Å². The van der Waals surface area contributed by atoms with Crippen molar-refractivity contribution in [1.82, 2.24) is 25.4 Å². The van der Waals surface area contributed by atoms with Crippen LogP contribution in [0, 0.1) is 6.92 Å². The third kappa shape index (κ3) is 6.56. The number of aromatic nitrogens is 3. The number of alkyl halides is 3. The zero-order chi connectivity index (χ0) is 25.9. The van der Waals surface area contributed by atoms with Crippen molar-refractivity contribution < 1.29 is 27.4 Å². The summed E-state index contributed by atoms with van der Waals surface area (Å²) in [6.45, 7) is 6.12. The Balaban J connectivity index is 1.52. The van der Waals surface area contributed by atoms with Gasteiger partial charge in [0.1, 0.15) is 23.5 Å². The molecular formula is C24H26F3N5O3S. The highest BCUT2D eigenvalue weighted by atomic mass is 32.1. The number of nitrogens with one attached hydrogen (secondary N) is 1. The van der Waals surface area contributed by atoms with Crippen LogP contribution in [0.3, 0.4) is 0 Å². The average Bonchev–Trinajstić information content (AvgIpc) is 3.28. The number of carbonyl (C=O) groups is 1. The van der Waals surface area contributed by atoms with Crippen LogP contribution in [0.15, 0.2) is 36.5 Å². The Morgan fingerprint density at radius 1 is 1.31 bits per heavy atom. The van der Waals surface area contributed by atoms with Crippen LogP contribution in [0.4, 0.5) is 13.2 Å². The molecule has 1 aliphatic heterocycles. The molecule has 1 amide bonds. The SMILES string of the molecule is Cc1cnc(-c2cc(OC[C@@H]3CN(C)CCO3)cc(C(=O)NC(C)c3ccc(C(F)(F)F)nn3)c2)s1. The second-order valence-electron chi connectivity index (χ2n) is 8.62. The summed E-state index contributed by atoms with van der Waals surface area (Å²) in [7, 11) is 2.02. The van der Waals surface area contributed by atoms with Crippen molar-refractivity contribution in [3.63, 3.8) is 0 Å². The maximum Gasteiger partial charge on any atom is 0.435 e. The number of likely N-dealkylation sites (N-methyl/N-ethyl adjacent to an activating group) is 1. The molecule has 36 heavy (non-hydrogen) atoms. The number of thiazole rings is 1. The first-order valence-electron chi connectivity index (χ1n) is 11.3. The third-order valence-electron chi connectivity index (χ3n) is 5.58. The second kappa shape index (κ2) is 10.9. The van der Waals surface area contributed by atoms with Gasteiger partial charge in [0.25, 0.3) is 5.91 Å². The van der Waals surface area contributed by atoms with Gasteiger partial charge in [0, 0.05) is 35.3 Å². The van der Waals surface area contributed by atoms with Crippen LogP contribution in [-0.4, -0.2) is 65.4 Å². The van der Waals surface area contributed by atoms with Crippen LogP contribution >= 0.6 is 11.3 Å². The molecule has 12 heteroatoms. The minimum atomic E-state index is -4.58. The minimum Gasteiger partial charge on any atom is -0.491 e. The predicted octanol–water partition coefficient (Wildman–Crippen LogP) is 4.13. The van der Waals surface area contributed by atoms with E-state index in [9.17, 15) is 18.0 Å². The van der Waals surface area contributed by atoms with Crippen LogP contribution in [-0.2, 0) is 10.9 Å². The summed E-state index contributed by atoms with van der Waals surface area (Å²) in [6, 6.07) is 6.52. The first-order valence-corrected chi connectivity index (χ1v) is 12.1. The lowest BCUT2D eigenvalue weighted by molar-refractivity contribution is -0.141. The number of nitrogens with zero attached hydrogens (tertiary/aromatic N) is 4. The number of rotatable bonds is 7. The molecule has 1 saturated heterocycles.